The normalized spacial score (nSPS) is 10.0. The van der Waals surface area contributed by atoms with Crippen LogP contribution < -0.4 is 10.1 Å². The van der Waals surface area contributed by atoms with Crippen molar-refractivity contribution in [2.24, 2.45) is 0 Å². The lowest BCUT2D eigenvalue weighted by molar-refractivity contribution is 0.102. The Morgan fingerprint density at radius 2 is 2.11 bits per heavy atom. The Hall–Kier alpha value is -2.34. The van der Waals surface area contributed by atoms with Crippen LogP contribution in [0.4, 0.5) is 5.82 Å². The van der Waals surface area contributed by atoms with Crippen LogP contribution in [0.25, 0.3) is 0 Å². The first-order valence-electron chi connectivity index (χ1n) is 5.28. The van der Waals surface area contributed by atoms with Gasteiger partial charge in [0.05, 0.1) is 7.11 Å². The quantitative estimate of drug-likeness (QED) is 0.899. The minimum absolute atomic E-state index is 0.114. The van der Waals surface area contributed by atoms with E-state index in [1.165, 1.54) is 37.4 Å². The van der Waals surface area contributed by atoms with Crippen molar-refractivity contribution in [3.8, 4) is 11.5 Å². The summed E-state index contributed by atoms with van der Waals surface area (Å²) >= 11 is 5.59. The fraction of sp³-hybridized carbons (Fsp3) is 0.0833. The van der Waals surface area contributed by atoms with Crippen LogP contribution in [-0.2, 0) is 0 Å². The standard InChI is InChI=1S/C12H10ClN3O3/c1-19-9-3-2-7(6-8(9)17)12(18)14-11-5-4-10(13)15-16-11/h2-6,17H,1H3,(H,14,16,18). The number of carbonyl (C=O) groups is 1. The van der Waals surface area contributed by atoms with E-state index in [0.29, 0.717) is 5.75 Å². The number of halogens is 1. The van der Waals surface area contributed by atoms with Gasteiger partial charge in [0.25, 0.3) is 5.91 Å². The van der Waals surface area contributed by atoms with E-state index in [1.54, 1.807) is 0 Å². The molecule has 0 fully saturated rings. The molecule has 0 unspecified atom stereocenters. The second-order valence-electron chi connectivity index (χ2n) is 3.58. The molecule has 0 atom stereocenters. The highest BCUT2D eigenvalue weighted by molar-refractivity contribution is 6.29. The molecule has 2 rings (SSSR count). The van der Waals surface area contributed by atoms with Gasteiger partial charge in [0, 0.05) is 5.56 Å². The highest BCUT2D eigenvalue weighted by Crippen LogP contribution is 2.26. The number of amides is 1. The van der Waals surface area contributed by atoms with Gasteiger partial charge in [0.1, 0.15) is 0 Å². The number of phenols is 1. The fourth-order valence-corrected chi connectivity index (χ4v) is 1.50. The Kier molecular flexibility index (Phi) is 3.82. The summed E-state index contributed by atoms with van der Waals surface area (Å²) in [7, 11) is 1.43. The van der Waals surface area contributed by atoms with Gasteiger partial charge in [-0.25, -0.2) is 0 Å². The first-order chi connectivity index (χ1) is 9.10. The Labute approximate surface area is 114 Å². The van der Waals surface area contributed by atoms with E-state index in [0.717, 1.165) is 0 Å². The van der Waals surface area contributed by atoms with E-state index in [9.17, 15) is 9.90 Å². The van der Waals surface area contributed by atoms with Crippen molar-refractivity contribution in [2.45, 2.75) is 0 Å². The Bertz CT molecular complexity index is 602. The van der Waals surface area contributed by atoms with Gasteiger partial charge in [0.2, 0.25) is 0 Å². The molecule has 0 radical (unpaired) electrons. The lowest BCUT2D eigenvalue weighted by Crippen LogP contribution is -2.13. The van der Waals surface area contributed by atoms with Crippen LogP contribution in [0.15, 0.2) is 30.3 Å². The van der Waals surface area contributed by atoms with Crippen molar-refractivity contribution in [2.75, 3.05) is 12.4 Å². The van der Waals surface area contributed by atoms with Crippen molar-refractivity contribution in [3.05, 3.63) is 41.0 Å². The van der Waals surface area contributed by atoms with Crippen LogP contribution in [0.2, 0.25) is 5.15 Å². The van der Waals surface area contributed by atoms with Gasteiger partial charge in [-0.05, 0) is 30.3 Å². The number of carbonyl (C=O) groups excluding carboxylic acids is 1. The predicted molar refractivity (Wildman–Crippen MR) is 69.7 cm³/mol. The molecule has 7 heteroatoms. The molecule has 98 valence electrons. The maximum Gasteiger partial charge on any atom is 0.257 e. The molecule has 2 N–H and O–H groups in total. The van der Waals surface area contributed by atoms with Crippen molar-refractivity contribution >= 4 is 23.3 Å². The summed E-state index contributed by atoms with van der Waals surface area (Å²) in [5, 5.41) is 19.7. The third-order valence-electron chi connectivity index (χ3n) is 2.31. The first-order valence-corrected chi connectivity index (χ1v) is 5.65. The van der Waals surface area contributed by atoms with E-state index >= 15 is 0 Å². The predicted octanol–water partition coefficient (Wildman–Crippen LogP) is 2.10. The number of hydrogen-bond donors (Lipinski definition) is 2. The number of anilines is 1. The van der Waals surface area contributed by atoms with Crippen LogP contribution in [0, 0.1) is 0 Å². The molecule has 0 spiro atoms. The molecule has 0 saturated carbocycles. The van der Waals surface area contributed by atoms with Crippen LogP contribution in [0.3, 0.4) is 0 Å². The van der Waals surface area contributed by atoms with Gasteiger partial charge in [-0.3, -0.25) is 4.79 Å². The fourth-order valence-electron chi connectivity index (χ4n) is 1.40. The number of benzene rings is 1. The summed E-state index contributed by atoms with van der Waals surface area (Å²) in [5.74, 6) is 0.0273. The third kappa shape index (κ3) is 3.11. The summed E-state index contributed by atoms with van der Waals surface area (Å²) in [6.07, 6.45) is 0. The average Bonchev–Trinajstić information content (AvgIpc) is 2.41. The molecule has 0 aliphatic carbocycles. The molecule has 1 heterocycles. The zero-order valence-electron chi connectivity index (χ0n) is 9.92. The lowest BCUT2D eigenvalue weighted by atomic mass is 10.2. The summed E-state index contributed by atoms with van der Waals surface area (Å²) < 4.78 is 4.89. The number of aromatic hydroxyl groups is 1. The minimum atomic E-state index is -0.422. The molecule has 2 aromatic rings. The van der Waals surface area contributed by atoms with E-state index < -0.39 is 5.91 Å². The van der Waals surface area contributed by atoms with E-state index in [4.69, 9.17) is 16.3 Å². The van der Waals surface area contributed by atoms with Crippen molar-refractivity contribution in [1.82, 2.24) is 10.2 Å². The SMILES string of the molecule is COc1ccc(C(=O)Nc2ccc(Cl)nn2)cc1O. The second-order valence-corrected chi connectivity index (χ2v) is 3.97. The minimum Gasteiger partial charge on any atom is -0.504 e. The Morgan fingerprint density at radius 1 is 1.32 bits per heavy atom. The highest BCUT2D eigenvalue weighted by atomic mass is 35.5. The van der Waals surface area contributed by atoms with Crippen molar-refractivity contribution in [3.63, 3.8) is 0 Å². The van der Waals surface area contributed by atoms with Gasteiger partial charge < -0.3 is 15.2 Å². The number of ether oxygens (including phenoxy) is 1. The summed E-state index contributed by atoms with van der Waals surface area (Å²) in [6.45, 7) is 0. The topological polar surface area (TPSA) is 84.3 Å². The van der Waals surface area contributed by atoms with Crippen LogP contribution in [0.1, 0.15) is 10.4 Å². The van der Waals surface area contributed by atoms with Gasteiger partial charge in [0.15, 0.2) is 22.5 Å². The maximum absolute atomic E-state index is 11.9. The molecule has 6 nitrogen and oxygen atoms in total. The largest absolute Gasteiger partial charge is 0.504 e. The molecule has 1 amide bonds. The van der Waals surface area contributed by atoms with Gasteiger partial charge >= 0.3 is 0 Å². The Morgan fingerprint density at radius 3 is 2.68 bits per heavy atom. The summed E-state index contributed by atoms with van der Waals surface area (Å²) in [6, 6.07) is 7.36. The number of aromatic nitrogens is 2. The number of rotatable bonds is 3. The number of nitrogens with zero attached hydrogens (tertiary/aromatic N) is 2. The van der Waals surface area contributed by atoms with Crippen molar-refractivity contribution in [1.29, 1.82) is 0 Å². The smallest absolute Gasteiger partial charge is 0.257 e. The first kappa shape index (κ1) is 13.1. The van der Waals surface area contributed by atoms with Gasteiger partial charge in [-0.2, -0.15) is 0 Å². The monoisotopic (exact) mass is 279 g/mol. The van der Waals surface area contributed by atoms with Crippen molar-refractivity contribution < 1.29 is 14.6 Å². The van der Waals surface area contributed by atoms with Crippen LogP contribution in [0.5, 0.6) is 11.5 Å². The zero-order chi connectivity index (χ0) is 13.8. The third-order valence-corrected chi connectivity index (χ3v) is 2.52. The van der Waals surface area contributed by atoms with E-state index in [2.05, 4.69) is 15.5 Å². The number of hydrogen-bond acceptors (Lipinski definition) is 5. The number of methoxy groups -OCH3 is 1. The van der Waals surface area contributed by atoms with E-state index in [-0.39, 0.29) is 22.3 Å². The zero-order valence-corrected chi connectivity index (χ0v) is 10.7. The number of phenolic OH excluding ortho intramolecular Hbond substituents is 1. The van der Waals surface area contributed by atoms with Crippen LogP contribution in [-0.4, -0.2) is 28.3 Å². The molecular formula is C12H10ClN3O3. The number of nitrogens with one attached hydrogen (secondary N) is 1. The molecule has 0 aliphatic rings. The van der Waals surface area contributed by atoms with Gasteiger partial charge in [-0.15, -0.1) is 10.2 Å². The average molecular weight is 280 g/mol. The van der Waals surface area contributed by atoms with Crippen LogP contribution >= 0.6 is 11.6 Å². The molecule has 1 aromatic carbocycles. The molecule has 0 saturated heterocycles. The lowest BCUT2D eigenvalue weighted by Gasteiger charge is -2.06. The van der Waals surface area contributed by atoms with E-state index in [1.807, 2.05) is 0 Å². The maximum atomic E-state index is 11.9. The highest BCUT2D eigenvalue weighted by Gasteiger charge is 2.10. The van der Waals surface area contributed by atoms with Gasteiger partial charge in [-0.1, -0.05) is 11.6 Å². The second kappa shape index (κ2) is 5.53. The molecule has 19 heavy (non-hydrogen) atoms. The Balaban J connectivity index is 2.16. The molecule has 0 aliphatic heterocycles. The molecule has 1 aromatic heterocycles. The molecular weight excluding hydrogens is 270 g/mol. The summed E-state index contributed by atoms with van der Waals surface area (Å²) in [4.78, 5) is 11.9. The summed E-state index contributed by atoms with van der Waals surface area (Å²) in [5.41, 5.74) is 0.273. The molecule has 0 bridgehead atoms.